The first-order valence-corrected chi connectivity index (χ1v) is 9.09. The highest BCUT2D eigenvalue weighted by Crippen LogP contribution is 2.28. The quantitative estimate of drug-likeness (QED) is 0.526. The summed E-state index contributed by atoms with van der Waals surface area (Å²) in [5.74, 6) is 0.678. The van der Waals surface area contributed by atoms with E-state index in [4.69, 9.17) is 4.74 Å². The van der Waals surface area contributed by atoms with Gasteiger partial charge in [-0.15, -0.1) is 0 Å². The van der Waals surface area contributed by atoms with Gasteiger partial charge in [0.1, 0.15) is 11.6 Å². The summed E-state index contributed by atoms with van der Waals surface area (Å²) in [5, 5.41) is 4.13. The van der Waals surface area contributed by atoms with E-state index in [1.54, 1.807) is 36.1 Å². The van der Waals surface area contributed by atoms with E-state index in [1.165, 1.54) is 6.07 Å². The molecule has 0 bridgehead atoms. The molecular weight excluding hydrogens is 385 g/mol. The van der Waals surface area contributed by atoms with Crippen LogP contribution in [0.4, 0.5) is 19.0 Å². The van der Waals surface area contributed by atoms with Crippen LogP contribution in [-0.4, -0.2) is 41.2 Å². The maximum atomic E-state index is 12.5. The van der Waals surface area contributed by atoms with Crippen molar-refractivity contribution in [2.45, 2.75) is 26.9 Å². The van der Waals surface area contributed by atoms with Crippen LogP contribution in [0.1, 0.15) is 31.9 Å². The normalized spacial score (nSPS) is 11.9. The number of anilines is 1. The Morgan fingerprint density at radius 3 is 2.31 bits per heavy atom. The van der Waals surface area contributed by atoms with Gasteiger partial charge in [-0.3, -0.25) is 10.2 Å². The van der Waals surface area contributed by atoms with Gasteiger partial charge in [0, 0.05) is 19.3 Å². The molecule has 29 heavy (non-hydrogen) atoms. The number of rotatable bonds is 8. The fraction of sp³-hybridized carbons (Fsp3) is 0.350. The van der Waals surface area contributed by atoms with E-state index >= 15 is 0 Å². The van der Waals surface area contributed by atoms with Gasteiger partial charge in [-0.05, 0) is 62.7 Å². The van der Waals surface area contributed by atoms with E-state index in [9.17, 15) is 18.0 Å². The third-order valence-electron chi connectivity index (χ3n) is 4.18. The van der Waals surface area contributed by atoms with Crippen molar-refractivity contribution in [3.8, 4) is 5.75 Å². The summed E-state index contributed by atoms with van der Waals surface area (Å²) in [6.07, 6.45) is -3.68. The zero-order valence-electron chi connectivity index (χ0n) is 16.5. The lowest BCUT2D eigenvalue weighted by Crippen LogP contribution is -2.34. The molecule has 1 heterocycles. The molecule has 1 amide bonds. The van der Waals surface area contributed by atoms with Crippen LogP contribution in [0.25, 0.3) is 0 Å². The number of hydrazone groups is 1. The van der Waals surface area contributed by atoms with Crippen LogP contribution < -0.4 is 10.2 Å². The van der Waals surface area contributed by atoms with Gasteiger partial charge in [-0.1, -0.05) is 0 Å². The lowest BCUT2D eigenvalue weighted by Gasteiger charge is -2.18. The maximum absolute atomic E-state index is 12.5. The summed E-state index contributed by atoms with van der Waals surface area (Å²) >= 11 is 0. The first kappa shape index (κ1) is 22.2. The van der Waals surface area contributed by atoms with Gasteiger partial charge >= 0.3 is 6.18 Å². The molecule has 0 radical (unpaired) electrons. The highest BCUT2D eigenvalue weighted by molar-refractivity contribution is 5.99. The molecule has 1 N–H and O–H groups in total. The van der Waals surface area contributed by atoms with E-state index < -0.39 is 11.7 Å². The number of aromatic nitrogens is 1. The topological polar surface area (TPSA) is 66.8 Å². The van der Waals surface area contributed by atoms with Crippen molar-refractivity contribution in [3.63, 3.8) is 0 Å². The standard InChI is InChI=1S/C20H23F3N4O2/c1-4-27(5-2)19(28)13-29-17-9-6-15(7-10-17)14(3)25-26-18-11-8-16(12-24-18)20(21,22)23/h6-12H,4-5,13H2,1-3H3,(H,24,26). The second-order valence-corrected chi connectivity index (χ2v) is 6.12. The van der Waals surface area contributed by atoms with Gasteiger partial charge in [-0.25, -0.2) is 4.98 Å². The molecule has 0 saturated heterocycles. The number of carbonyl (C=O) groups excluding carboxylic acids is 1. The predicted octanol–water partition coefficient (Wildman–Crippen LogP) is 4.18. The molecule has 9 heteroatoms. The highest BCUT2D eigenvalue weighted by atomic mass is 19.4. The van der Waals surface area contributed by atoms with E-state index in [-0.39, 0.29) is 18.3 Å². The van der Waals surface area contributed by atoms with Crippen LogP contribution >= 0.6 is 0 Å². The Bertz CT molecular complexity index is 830. The molecule has 0 atom stereocenters. The minimum atomic E-state index is -4.43. The minimum absolute atomic E-state index is 0.0325. The number of benzene rings is 1. The predicted molar refractivity (Wildman–Crippen MR) is 105 cm³/mol. The van der Waals surface area contributed by atoms with Gasteiger partial charge in [0.25, 0.3) is 5.91 Å². The number of likely N-dealkylation sites (N-methyl/N-ethyl adjacent to an activating group) is 1. The van der Waals surface area contributed by atoms with Crippen molar-refractivity contribution in [2.24, 2.45) is 5.10 Å². The summed E-state index contributed by atoms with van der Waals surface area (Å²) in [6.45, 7) is 6.80. The molecule has 0 saturated carbocycles. The summed E-state index contributed by atoms with van der Waals surface area (Å²) < 4.78 is 43.1. The van der Waals surface area contributed by atoms with Gasteiger partial charge in [0.2, 0.25) is 0 Å². The van der Waals surface area contributed by atoms with Crippen molar-refractivity contribution >= 4 is 17.4 Å². The summed E-state index contributed by atoms with van der Waals surface area (Å²) in [6, 6.07) is 9.14. The monoisotopic (exact) mass is 408 g/mol. The molecule has 0 fully saturated rings. The van der Waals surface area contributed by atoms with Crippen LogP contribution in [0, 0.1) is 0 Å². The molecule has 2 aromatic rings. The Balaban J connectivity index is 1.94. The molecule has 0 aliphatic heterocycles. The van der Waals surface area contributed by atoms with Crippen molar-refractivity contribution in [3.05, 3.63) is 53.7 Å². The summed E-state index contributed by atoms with van der Waals surface area (Å²) in [4.78, 5) is 17.3. The number of hydrogen-bond donors (Lipinski definition) is 1. The lowest BCUT2D eigenvalue weighted by molar-refractivity contribution is -0.137. The van der Waals surface area contributed by atoms with E-state index in [2.05, 4.69) is 15.5 Å². The van der Waals surface area contributed by atoms with Crippen molar-refractivity contribution < 1.29 is 22.7 Å². The van der Waals surface area contributed by atoms with E-state index in [0.29, 0.717) is 24.6 Å². The van der Waals surface area contributed by atoms with Crippen molar-refractivity contribution in [2.75, 3.05) is 25.1 Å². The number of hydrogen-bond acceptors (Lipinski definition) is 5. The molecule has 6 nitrogen and oxygen atoms in total. The summed E-state index contributed by atoms with van der Waals surface area (Å²) in [5.41, 5.74) is 3.20. The number of halogens is 3. The average Bonchev–Trinajstić information content (AvgIpc) is 2.71. The molecule has 1 aromatic heterocycles. The van der Waals surface area contributed by atoms with Crippen LogP contribution in [0.3, 0.4) is 0 Å². The maximum Gasteiger partial charge on any atom is 0.417 e. The third kappa shape index (κ3) is 6.48. The van der Waals surface area contributed by atoms with Crippen molar-refractivity contribution in [1.82, 2.24) is 9.88 Å². The van der Waals surface area contributed by atoms with Gasteiger partial charge in [-0.2, -0.15) is 18.3 Å². The molecule has 2 rings (SSSR count). The van der Waals surface area contributed by atoms with Gasteiger partial charge in [0.15, 0.2) is 6.61 Å². The van der Waals surface area contributed by atoms with E-state index in [0.717, 1.165) is 17.8 Å². The smallest absolute Gasteiger partial charge is 0.417 e. The summed E-state index contributed by atoms with van der Waals surface area (Å²) in [7, 11) is 0. The van der Waals surface area contributed by atoms with Gasteiger partial charge < -0.3 is 9.64 Å². The van der Waals surface area contributed by atoms with Gasteiger partial charge in [0.05, 0.1) is 11.3 Å². The number of pyridine rings is 1. The Kier molecular flexibility index (Phi) is 7.58. The average molecular weight is 408 g/mol. The number of nitrogens with one attached hydrogen (secondary N) is 1. The Labute approximate surface area is 167 Å². The first-order chi connectivity index (χ1) is 13.7. The number of nitrogens with zero attached hydrogens (tertiary/aromatic N) is 3. The highest BCUT2D eigenvalue weighted by Gasteiger charge is 2.30. The molecule has 1 aromatic carbocycles. The third-order valence-corrected chi connectivity index (χ3v) is 4.18. The second kappa shape index (κ2) is 9.90. The fourth-order valence-electron chi connectivity index (χ4n) is 2.44. The van der Waals surface area contributed by atoms with Crippen LogP contribution in [0.15, 0.2) is 47.7 Å². The largest absolute Gasteiger partial charge is 0.484 e. The Hall–Kier alpha value is -3.10. The molecule has 0 aliphatic carbocycles. The molecule has 0 spiro atoms. The number of amides is 1. The SMILES string of the molecule is CCN(CC)C(=O)COc1ccc(C(C)=NNc2ccc(C(F)(F)F)cn2)cc1. The molecular formula is C20H23F3N4O2. The first-order valence-electron chi connectivity index (χ1n) is 9.09. The van der Waals surface area contributed by atoms with Crippen LogP contribution in [0.2, 0.25) is 0 Å². The second-order valence-electron chi connectivity index (χ2n) is 6.12. The minimum Gasteiger partial charge on any atom is -0.484 e. The number of carbonyl (C=O) groups is 1. The number of alkyl halides is 3. The molecule has 0 aliphatic rings. The Morgan fingerprint density at radius 2 is 1.79 bits per heavy atom. The molecule has 156 valence electrons. The Morgan fingerprint density at radius 1 is 1.14 bits per heavy atom. The molecule has 0 unspecified atom stereocenters. The number of ether oxygens (including phenoxy) is 1. The zero-order valence-corrected chi connectivity index (χ0v) is 16.5. The fourth-order valence-corrected chi connectivity index (χ4v) is 2.44. The zero-order chi connectivity index (χ0) is 21.4. The van der Waals surface area contributed by atoms with Crippen LogP contribution in [0.5, 0.6) is 5.75 Å². The van der Waals surface area contributed by atoms with Crippen LogP contribution in [-0.2, 0) is 11.0 Å². The van der Waals surface area contributed by atoms with E-state index in [1.807, 2.05) is 13.8 Å². The van der Waals surface area contributed by atoms with Crippen molar-refractivity contribution in [1.29, 1.82) is 0 Å². The lowest BCUT2D eigenvalue weighted by atomic mass is 10.1.